The minimum absolute atomic E-state index is 0.589. The molecular weight excluding hydrogens is 377 g/mol. The molecule has 0 saturated heterocycles. The number of benzene rings is 3. The molecule has 0 heterocycles. The van der Waals surface area contributed by atoms with E-state index >= 15 is 0 Å². The normalized spacial score (nSPS) is 11.9. The van der Waals surface area contributed by atoms with E-state index in [1.807, 2.05) is 33.8 Å². The van der Waals surface area contributed by atoms with Crippen molar-refractivity contribution >= 4 is 10.9 Å². The van der Waals surface area contributed by atoms with E-state index in [2.05, 4.69) is 36.4 Å². The van der Waals surface area contributed by atoms with Crippen LogP contribution in [0.3, 0.4) is 0 Å². The maximum absolute atomic E-state index is 13.5. The topological polar surface area (TPSA) is 0 Å². The summed E-state index contributed by atoms with van der Waals surface area (Å²) >= 11 is 0. The number of aryl methyl sites for hydroxylation is 5. The summed E-state index contributed by atoms with van der Waals surface area (Å²) in [6.07, 6.45) is -4.36. The molecule has 0 fully saturated rings. The van der Waals surface area contributed by atoms with Gasteiger partial charge in [0, 0.05) is 6.07 Å². The van der Waals surface area contributed by atoms with Crippen LogP contribution in [-0.4, -0.2) is 0 Å². The maximum atomic E-state index is 13.5. The van der Waals surface area contributed by atoms with Crippen molar-refractivity contribution in [3.63, 3.8) is 0 Å². The molecule has 0 aliphatic heterocycles. The first-order valence-electron chi connectivity index (χ1n) is 9.13. The Balaban J connectivity index is 2.29. The van der Waals surface area contributed by atoms with Crippen molar-refractivity contribution in [1.29, 1.82) is 0 Å². The van der Waals surface area contributed by atoms with Crippen LogP contribution in [0, 0.1) is 34.6 Å². The van der Waals surface area contributed by atoms with Crippen molar-refractivity contribution in [2.24, 2.45) is 0 Å². The molecule has 0 aliphatic carbocycles. The average Bonchev–Trinajstić information content (AvgIpc) is 2.52. The van der Waals surface area contributed by atoms with Gasteiger partial charge in [0.1, 0.15) is 0 Å². The number of rotatable bonds is 3. The van der Waals surface area contributed by atoms with E-state index in [-0.39, 0.29) is 0 Å². The lowest BCUT2D eigenvalue weighted by molar-refractivity contribution is -0.137. The van der Waals surface area contributed by atoms with Gasteiger partial charge in [0.25, 0.3) is 0 Å². The lowest BCUT2D eigenvalue weighted by Gasteiger charge is -2.14. The third-order valence-corrected chi connectivity index (χ3v) is 6.60. The van der Waals surface area contributed by atoms with E-state index in [1.165, 1.54) is 12.1 Å². The zero-order valence-electron chi connectivity index (χ0n) is 16.7. The van der Waals surface area contributed by atoms with Gasteiger partial charge in [0.15, 0.2) is 14.7 Å². The minimum atomic E-state index is -4.36. The summed E-state index contributed by atoms with van der Waals surface area (Å²) in [7, 11) is -0.611. The van der Waals surface area contributed by atoms with Gasteiger partial charge in [-0.3, -0.25) is 0 Å². The van der Waals surface area contributed by atoms with Gasteiger partial charge in [-0.1, -0.05) is 12.1 Å². The average molecular weight is 402 g/mol. The number of hydrogen-bond acceptors (Lipinski definition) is 0. The molecule has 0 nitrogen and oxygen atoms in total. The highest BCUT2D eigenvalue weighted by Crippen LogP contribution is 2.37. The standard InChI is InChI=1S/C24H24F3S/c1-15-6-16(2)10-21(9-15)28(22-11-17(3)7-18(4)12-22)23-13-19(5)8-20(14-23)24(25,26)27/h6-14H,1-5H3/q+1. The van der Waals surface area contributed by atoms with E-state index in [0.717, 1.165) is 32.0 Å². The van der Waals surface area contributed by atoms with Crippen LogP contribution in [0.15, 0.2) is 69.3 Å². The molecular formula is C24H24F3S+. The Hall–Kier alpha value is -2.20. The molecule has 0 radical (unpaired) electrons. The van der Waals surface area contributed by atoms with E-state index in [4.69, 9.17) is 0 Å². The zero-order valence-corrected chi connectivity index (χ0v) is 17.6. The molecule has 0 saturated carbocycles. The van der Waals surface area contributed by atoms with E-state index in [9.17, 15) is 13.2 Å². The molecule has 0 atom stereocenters. The largest absolute Gasteiger partial charge is 0.416 e. The maximum Gasteiger partial charge on any atom is 0.416 e. The van der Waals surface area contributed by atoms with Crippen molar-refractivity contribution in [2.75, 3.05) is 0 Å². The molecule has 0 unspecified atom stereocenters. The summed E-state index contributed by atoms with van der Waals surface area (Å²) in [5, 5.41) is 0. The van der Waals surface area contributed by atoms with Gasteiger partial charge in [0.2, 0.25) is 0 Å². The third kappa shape index (κ3) is 4.61. The van der Waals surface area contributed by atoms with Crippen LogP contribution in [0.5, 0.6) is 0 Å². The molecule has 3 aromatic rings. The summed E-state index contributed by atoms with van der Waals surface area (Å²) in [6.45, 7) is 9.82. The van der Waals surface area contributed by atoms with E-state index in [1.54, 1.807) is 6.92 Å². The van der Waals surface area contributed by atoms with Crippen molar-refractivity contribution in [3.8, 4) is 0 Å². The first-order chi connectivity index (χ1) is 13.0. The molecule has 0 spiro atoms. The fourth-order valence-corrected chi connectivity index (χ4v) is 6.12. The summed E-state index contributed by atoms with van der Waals surface area (Å²) in [5.74, 6) is 0. The minimum Gasteiger partial charge on any atom is -0.166 e. The van der Waals surface area contributed by atoms with E-state index < -0.39 is 22.6 Å². The number of alkyl halides is 3. The predicted molar refractivity (Wildman–Crippen MR) is 110 cm³/mol. The zero-order chi connectivity index (χ0) is 20.6. The van der Waals surface area contributed by atoms with Gasteiger partial charge in [-0.05, 0) is 98.8 Å². The second kappa shape index (κ2) is 7.67. The van der Waals surface area contributed by atoms with Crippen LogP contribution in [0.2, 0.25) is 0 Å². The Bertz CT molecular complexity index is 927. The van der Waals surface area contributed by atoms with Gasteiger partial charge in [0.05, 0.1) is 16.5 Å². The first-order valence-corrected chi connectivity index (χ1v) is 10.4. The van der Waals surface area contributed by atoms with E-state index in [0.29, 0.717) is 10.5 Å². The molecule has 3 aromatic carbocycles. The molecule has 4 heteroatoms. The molecule has 0 N–H and O–H groups in total. The molecule has 146 valence electrons. The van der Waals surface area contributed by atoms with Crippen LogP contribution >= 0.6 is 0 Å². The van der Waals surface area contributed by atoms with Crippen LogP contribution in [0.25, 0.3) is 0 Å². The van der Waals surface area contributed by atoms with Gasteiger partial charge in [-0.2, -0.15) is 13.2 Å². The van der Waals surface area contributed by atoms with Gasteiger partial charge >= 0.3 is 6.18 Å². The van der Waals surface area contributed by atoms with Gasteiger partial charge in [-0.25, -0.2) is 0 Å². The fourth-order valence-electron chi connectivity index (χ4n) is 3.54. The predicted octanol–water partition coefficient (Wildman–Crippen LogP) is 7.34. The lowest BCUT2D eigenvalue weighted by Crippen LogP contribution is -2.11. The second-order valence-electron chi connectivity index (χ2n) is 7.49. The smallest absolute Gasteiger partial charge is 0.166 e. The second-order valence-corrected chi connectivity index (χ2v) is 9.51. The highest BCUT2D eigenvalue weighted by atomic mass is 32.2. The summed E-state index contributed by atoms with van der Waals surface area (Å²) in [4.78, 5) is 2.78. The van der Waals surface area contributed by atoms with Gasteiger partial charge in [-0.15, -0.1) is 0 Å². The molecule has 28 heavy (non-hydrogen) atoms. The Morgan fingerprint density at radius 1 is 0.500 bits per heavy atom. The Kier molecular flexibility index (Phi) is 5.62. The van der Waals surface area contributed by atoms with Crippen molar-refractivity contribution in [3.05, 3.63) is 88.0 Å². The first kappa shape index (κ1) is 20.5. The third-order valence-electron chi connectivity index (χ3n) is 4.48. The lowest BCUT2D eigenvalue weighted by atomic mass is 10.1. The highest BCUT2D eigenvalue weighted by molar-refractivity contribution is 7.97. The Morgan fingerprint density at radius 2 is 0.821 bits per heavy atom. The molecule has 0 aliphatic rings. The van der Waals surface area contributed by atoms with Crippen molar-refractivity contribution in [2.45, 2.75) is 55.5 Å². The molecule has 0 amide bonds. The quantitative estimate of drug-likeness (QED) is 0.403. The number of halogens is 3. The monoisotopic (exact) mass is 401 g/mol. The SMILES string of the molecule is Cc1cc(C)cc([S+](c2cc(C)cc(C)c2)c2cc(C)cc(C(F)(F)F)c2)c1. The van der Waals surface area contributed by atoms with Crippen LogP contribution in [-0.2, 0) is 17.1 Å². The Morgan fingerprint density at radius 3 is 1.18 bits per heavy atom. The molecule has 3 rings (SSSR count). The van der Waals surface area contributed by atoms with Crippen LogP contribution in [0.1, 0.15) is 33.4 Å². The van der Waals surface area contributed by atoms with Crippen molar-refractivity contribution in [1.82, 2.24) is 0 Å². The summed E-state index contributed by atoms with van der Waals surface area (Å²) in [6, 6.07) is 16.9. The summed E-state index contributed by atoms with van der Waals surface area (Å²) in [5.41, 5.74) is 4.48. The van der Waals surface area contributed by atoms with Crippen LogP contribution in [0.4, 0.5) is 13.2 Å². The van der Waals surface area contributed by atoms with Crippen LogP contribution < -0.4 is 0 Å². The molecule has 0 aromatic heterocycles. The molecule has 0 bridgehead atoms. The number of hydrogen-bond donors (Lipinski definition) is 0. The summed E-state index contributed by atoms with van der Waals surface area (Å²) < 4.78 is 40.4. The highest BCUT2D eigenvalue weighted by Gasteiger charge is 2.36. The van der Waals surface area contributed by atoms with Crippen molar-refractivity contribution < 1.29 is 13.2 Å². The van der Waals surface area contributed by atoms with Gasteiger partial charge < -0.3 is 0 Å². The Labute approximate surface area is 167 Å². The fraction of sp³-hybridized carbons (Fsp3) is 0.250.